The van der Waals surface area contributed by atoms with E-state index in [0.717, 1.165) is 12.8 Å². The number of benzene rings is 1. The Bertz CT molecular complexity index is 655. The first-order chi connectivity index (χ1) is 9.63. The van der Waals surface area contributed by atoms with E-state index >= 15 is 0 Å². The molecule has 0 spiro atoms. The van der Waals surface area contributed by atoms with E-state index in [-0.39, 0.29) is 17.4 Å². The van der Waals surface area contributed by atoms with Gasteiger partial charge in [-0.2, -0.15) is 0 Å². The predicted octanol–water partition coefficient (Wildman–Crippen LogP) is 3.24. The van der Waals surface area contributed by atoms with Gasteiger partial charge in [0.05, 0.1) is 10.3 Å². The average molecular weight is 274 g/mol. The Hall–Kier alpha value is -2.50. The molecule has 0 aliphatic rings. The van der Waals surface area contributed by atoms with Crippen molar-refractivity contribution in [3.05, 3.63) is 40.6 Å². The smallest absolute Gasteiger partial charge is 0.311 e. The summed E-state index contributed by atoms with van der Waals surface area (Å²) >= 11 is 0. The molecule has 0 atom stereocenters. The molecule has 0 saturated heterocycles. The largest absolute Gasteiger partial charge is 0.424 e. The lowest BCUT2D eigenvalue weighted by molar-refractivity contribution is -0.383. The number of pyridine rings is 1. The Morgan fingerprint density at radius 3 is 2.90 bits per heavy atom. The summed E-state index contributed by atoms with van der Waals surface area (Å²) in [6.07, 6.45) is 3.47. The van der Waals surface area contributed by atoms with Gasteiger partial charge >= 0.3 is 5.97 Å². The quantitative estimate of drug-likeness (QED) is 0.362. The molecule has 1 aromatic heterocycles. The van der Waals surface area contributed by atoms with E-state index in [1.165, 1.54) is 18.3 Å². The molecule has 1 aromatic carbocycles. The van der Waals surface area contributed by atoms with Gasteiger partial charge in [-0.05, 0) is 24.6 Å². The lowest BCUT2D eigenvalue weighted by Crippen LogP contribution is -2.08. The van der Waals surface area contributed by atoms with Gasteiger partial charge in [0.1, 0.15) is 5.52 Å². The molecular weight excluding hydrogens is 260 g/mol. The summed E-state index contributed by atoms with van der Waals surface area (Å²) in [6, 6.07) is 5.94. The van der Waals surface area contributed by atoms with Crippen molar-refractivity contribution < 1.29 is 14.5 Å². The average Bonchev–Trinajstić information content (AvgIpc) is 2.45. The van der Waals surface area contributed by atoms with Gasteiger partial charge in [-0.25, -0.2) is 0 Å². The van der Waals surface area contributed by atoms with Crippen molar-refractivity contribution in [3.8, 4) is 5.75 Å². The number of esters is 1. The number of ether oxygens (including phenoxy) is 1. The van der Waals surface area contributed by atoms with Crippen molar-refractivity contribution >= 4 is 22.6 Å². The molecule has 0 unspecified atom stereocenters. The Kier molecular flexibility index (Phi) is 4.24. The topological polar surface area (TPSA) is 82.3 Å². The highest BCUT2D eigenvalue weighted by Crippen LogP contribution is 2.31. The number of hydrogen-bond acceptors (Lipinski definition) is 5. The number of rotatable bonds is 5. The number of nitrogens with zero attached hydrogens (tertiary/aromatic N) is 2. The van der Waals surface area contributed by atoms with Crippen molar-refractivity contribution in [2.24, 2.45) is 0 Å². The highest BCUT2D eigenvalue weighted by Gasteiger charge is 2.17. The molecule has 0 N–H and O–H groups in total. The summed E-state index contributed by atoms with van der Waals surface area (Å²) in [5, 5.41) is 11.3. The number of unbranched alkanes of at least 4 members (excludes halogenated alkanes) is 1. The molecule has 0 aliphatic heterocycles. The molecule has 0 fully saturated rings. The van der Waals surface area contributed by atoms with E-state index < -0.39 is 4.92 Å². The highest BCUT2D eigenvalue weighted by molar-refractivity contribution is 5.93. The van der Waals surface area contributed by atoms with Gasteiger partial charge < -0.3 is 4.74 Å². The van der Waals surface area contributed by atoms with Gasteiger partial charge in [0.25, 0.3) is 5.69 Å². The van der Waals surface area contributed by atoms with E-state index in [2.05, 4.69) is 4.98 Å². The summed E-state index contributed by atoms with van der Waals surface area (Å²) in [7, 11) is 0. The molecule has 2 rings (SSSR count). The maximum Gasteiger partial charge on any atom is 0.311 e. The zero-order valence-corrected chi connectivity index (χ0v) is 11.0. The Morgan fingerprint density at radius 2 is 2.20 bits per heavy atom. The van der Waals surface area contributed by atoms with Crippen LogP contribution in [0.1, 0.15) is 26.2 Å². The molecule has 0 aliphatic carbocycles. The lowest BCUT2D eigenvalue weighted by Gasteiger charge is -2.07. The van der Waals surface area contributed by atoms with Crippen LogP contribution in [0.5, 0.6) is 5.75 Å². The van der Waals surface area contributed by atoms with Crippen LogP contribution >= 0.6 is 0 Å². The summed E-state index contributed by atoms with van der Waals surface area (Å²) in [5.41, 5.74) is 0.271. The van der Waals surface area contributed by atoms with E-state index in [9.17, 15) is 14.9 Å². The minimum absolute atomic E-state index is 0.0542. The zero-order chi connectivity index (χ0) is 14.5. The van der Waals surface area contributed by atoms with Crippen LogP contribution in [-0.4, -0.2) is 15.9 Å². The number of carbonyl (C=O) groups is 1. The fraction of sp³-hybridized carbons (Fsp3) is 0.286. The number of carbonyl (C=O) groups excluding carboxylic acids is 1. The molecule has 2 aromatic rings. The lowest BCUT2D eigenvalue weighted by atomic mass is 10.1. The predicted molar refractivity (Wildman–Crippen MR) is 73.6 cm³/mol. The molecule has 6 heteroatoms. The maximum atomic E-state index is 11.6. The number of nitro groups is 1. The number of fused-ring (bicyclic) bond motifs is 1. The second-order valence-corrected chi connectivity index (χ2v) is 4.32. The van der Waals surface area contributed by atoms with Gasteiger partial charge in [0.2, 0.25) is 0 Å². The van der Waals surface area contributed by atoms with Crippen LogP contribution in [0.15, 0.2) is 30.5 Å². The Labute approximate surface area is 115 Å². The van der Waals surface area contributed by atoms with Gasteiger partial charge in [0, 0.05) is 18.7 Å². The van der Waals surface area contributed by atoms with Crippen LogP contribution in [0, 0.1) is 10.1 Å². The first kappa shape index (κ1) is 13.9. The Balaban J connectivity index is 2.38. The molecule has 104 valence electrons. The minimum Gasteiger partial charge on any atom is -0.424 e. The third kappa shape index (κ3) is 2.90. The van der Waals surface area contributed by atoms with Crippen LogP contribution < -0.4 is 4.74 Å². The fourth-order valence-electron chi connectivity index (χ4n) is 1.87. The molecule has 6 nitrogen and oxygen atoms in total. The van der Waals surface area contributed by atoms with E-state index in [1.807, 2.05) is 6.92 Å². The van der Waals surface area contributed by atoms with E-state index in [0.29, 0.717) is 17.3 Å². The summed E-state index contributed by atoms with van der Waals surface area (Å²) < 4.78 is 5.24. The molecule has 0 radical (unpaired) electrons. The third-order valence-corrected chi connectivity index (χ3v) is 2.86. The normalized spacial score (nSPS) is 10.4. The molecule has 1 heterocycles. The first-order valence-corrected chi connectivity index (χ1v) is 6.36. The van der Waals surface area contributed by atoms with Crippen molar-refractivity contribution in [2.45, 2.75) is 26.2 Å². The van der Waals surface area contributed by atoms with Gasteiger partial charge in [-0.3, -0.25) is 19.9 Å². The Morgan fingerprint density at radius 1 is 1.40 bits per heavy atom. The van der Waals surface area contributed by atoms with Crippen molar-refractivity contribution in [1.82, 2.24) is 4.98 Å². The van der Waals surface area contributed by atoms with E-state index in [4.69, 9.17) is 4.74 Å². The van der Waals surface area contributed by atoms with Gasteiger partial charge in [-0.15, -0.1) is 0 Å². The second kappa shape index (κ2) is 6.10. The standard InChI is InChI=1S/C14H14N2O4/c1-2-3-6-13(17)20-12-8-7-11(16(18)19)10-5-4-9-15-14(10)12/h4-5,7-9H,2-3,6H2,1H3. The third-order valence-electron chi connectivity index (χ3n) is 2.86. The molecule has 0 bridgehead atoms. The number of nitro benzene ring substituents is 1. The monoisotopic (exact) mass is 274 g/mol. The van der Waals surface area contributed by atoms with Crippen molar-refractivity contribution in [1.29, 1.82) is 0 Å². The summed E-state index contributed by atoms with van der Waals surface area (Å²) in [4.78, 5) is 26.2. The van der Waals surface area contributed by atoms with E-state index in [1.54, 1.807) is 12.1 Å². The highest BCUT2D eigenvalue weighted by atomic mass is 16.6. The van der Waals surface area contributed by atoms with Crippen LogP contribution in [0.3, 0.4) is 0 Å². The second-order valence-electron chi connectivity index (χ2n) is 4.32. The van der Waals surface area contributed by atoms with Crippen LogP contribution in [0.2, 0.25) is 0 Å². The number of aromatic nitrogens is 1. The maximum absolute atomic E-state index is 11.6. The zero-order valence-electron chi connectivity index (χ0n) is 11.0. The minimum atomic E-state index is -0.479. The fourth-order valence-corrected chi connectivity index (χ4v) is 1.87. The summed E-state index contributed by atoms with van der Waals surface area (Å²) in [6.45, 7) is 1.98. The van der Waals surface area contributed by atoms with Crippen LogP contribution in [0.25, 0.3) is 10.9 Å². The molecular formula is C14H14N2O4. The number of hydrogen-bond donors (Lipinski definition) is 0. The van der Waals surface area contributed by atoms with Gasteiger partial charge in [0.15, 0.2) is 5.75 Å². The number of non-ortho nitro benzene ring substituents is 1. The summed E-state index contributed by atoms with van der Waals surface area (Å²) in [5.74, 6) is -0.0973. The first-order valence-electron chi connectivity index (χ1n) is 6.36. The molecule has 0 saturated carbocycles. The SMILES string of the molecule is CCCCC(=O)Oc1ccc([N+](=O)[O-])c2cccnc12. The molecule has 20 heavy (non-hydrogen) atoms. The molecule has 0 amide bonds. The van der Waals surface area contributed by atoms with Gasteiger partial charge in [-0.1, -0.05) is 13.3 Å². The van der Waals surface area contributed by atoms with Crippen molar-refractivity contribution in [3.63, 3.8) is 0 Å². The van der Waals surface area contributed by atoms with Crippen molar-refractivity contribution in [2.75, 3.05) is 0 Å². The van der Waals surface area contributed by atoms with Crippen LogP contribution in [-0.2, 0) is 4.79 Å². The van der Waals surface area contributed by atoms with Crippen LogP contribution in [0.4, 0.5) is 5.69 Å².